The number of sulfone groups is 1. The number of aromatic nitrogens is 4. The molecule has 246 valence electrons. The number of hydrogen-bond acceptors (Lipinski definition) is 10. The van der Waals surface area contributed by atoms with Crippen LogP contribution < -0.4 is 16.0 Å². The van der Waals surface area contributed by atoms with Crippen LogP contribution in [0.4, 0.5) is 30.5 Å². The molecule has 2 fully saturated rings. The fourth-order valence-corrected chi connectivity index (χ4v) is 6.57. The van der Waals surface area contributed by atoms with E-state index in [1.54, 1.807) is 24.7 Å². The standard InChI is InChI=1S/C31H36F3N7O4S/c1-19-17-40(18-24(35)29(19)45-11-12-46(2,42)43)27-5-8-36-16-26(27)38-30-37-15-21-3-4-25(39-41(21)30)28-22(32)13-20(14-23(28)33)31(34)6-9-44-10-7-31/h3-5,8,13-16,19,24,29H,6-7,9-12,17-18,35H2,1-2H3,(H,37,38). The number of pyridine rings is 1. The minimum absolute atomic E-state index is 0.00397. The van der Waals surface area contributed by atoms with E-state index in [4.69, 9.17) is 15.2 Å². The topological polar surface area (TPSA) is 137 Å². The molecule has 0 spiro atoms. The zero-order valence-corrected chi connectivity index (χ0v) is 26.3. The van der Waals surface area contributed by atoms with Crippen LogP contribution in [-0.4, -0.2) is 85.1 Å². The number of anilines is 3. The van der Waals surface area contributed by atoms with Gasteiger partial charge in [-0.2, -0.15) is 9.61 Å². The van der Waals surface area contributed by atoms with Crippen LogP contribution >= 0.6 is 0 Å². The Kier molecular flexibility index (Phi) is 8.93. The third kappa shape index (κ3) is 6.68. The molecule has 3 aromatic heterocycles. The summed E-state index contributed by atoms with van der Waals surface area (Å²) >= 11 is 0. The Bertz CT molecular complexity index is 1800. The molecule has 1 aromatic carbocycles. The smallest absolute Gasteiger partial charge is 0.229 e. The van der Waals surface area contributed by atoms with Crippen LogP contribution in [0.2, 0.25) is 0 Å². The number of nitrogens with one attached hydrogen (secondary N) is 1. The molecule has 0 bridgehead atoms. The van der Waals surface area contributed by atoms with Gasteiger partial charge in [-0.1, -0.05) is 6.92 Å². The van der Waals surface area contributed by atoms with Gasteiger partial charge >= 0.3 is 0 Å². The van der Waals surface area contributed by atoms with Gasteiger partial charge in [-0.25, -0.2) is 26.6 Å². The number of rotatable bonds is 9. The molecular formula is C31H36F3N7O4S. The number of fused-ring (bicyclic) bond motifs is 1. The molecule has 6 rings (SSSR count). The average molecular weight is 660 g/mol. The summed E-state index contributed by atoms with van der Waals surface area (Å²) in [4.78, 5) is 10.8. The van der Waals surface area contributed by atoms with Crippen molar-refractivity contribution >= 4 is 32.7 Å². The zero-order chi connectivity index (χ0) is 32.6. The van der Waals surface area contributed by atoms with E-state index in [-0.39, 0.29) is 79.2 Å². The van der Waals surface area contributed by atoms with Crippen molar-refractivity contribution in [2.75, 3.05) is 55.1 Å². The van der Waals surface area contributed by atoms with E-state index in [1.165, 1.54) is 16.8 Å². The van der Waals surface area contributed by atoms with Crippen molar-refractivity contribution in [3.63, 3.8) is 0 Å². The molecule has 2 aliphatic rings. The summed E-state index contributed by atoms with van der Waals surface area (Å²) in [5.41, 5.74) is 6.19. The molecule has 15 heteroatoms. The molecule has 2 saturated heterocycles. The summed E-state index contributed by atoms with van der Waals surface area (Å²) in [6, 6.07) is 6.66. The number of ether oxygens (including phenoxy) is 2. The number of halogens is 3. The fourth-order valence-electron chi connectivity index (χ4n) is 6.17. The number of nitrogens with zero attached hydrogens (tertiary/aromatic N) is 5. The van der Waals surface area contributed by atoms with Gasteiger partial charge in [0.2, 0.25) is 5.95 Å². The second-order valence-corrected chi connectivity index (χ2v) is 14.3. The SMILES string of the molecule is CC1CN(c2ccncc2Nc2ncc3ccc(-c4c(F)cc(C5(F)CCOCC5)cc4F)nn23)CC(N)C1OCCS(C)(=O)=O. The van der Waals surface area contributed by atoms with E-state index < -0.39 is 27.1 Å². The highest BCUT2D eigenvalue weighted by atomic mass is 32.2. The quantitative estimate of drug-likeness (QED) is 0.271. The molecule has 46 heavy (non-hydrogen) atoms. The van der Waals surface area contributed by atoms with Gasteiger partial charge in [-0.3, -0.25) is 4.98 Å². The molecule has 5 heterocycles. The van der Waals surface area contributed by atoms with Crippen LogP contribution in [0, 0.1) is 17.6 Å². The normalized spacial score (nSPS) is 21.9. The third-order valence-electron chi connectivity index (χ3n) is 8.56. The van der Waals surface area contributed by atoms with Crippen LogP contribution in [0.3, 0.4) is 0 Å². The van der Waals surface area contributed by atoms with Gasteiger partial charge in [0.1, 0.15) is 27.1 Å². The number of nitrogens with two attached hydrogens (primary N) is 1. The van der Waals surface area contributed by atoms with Gasteiger partial charge in [-0.15, -0.1) is 0 Å². The number of piperidine rings is 1. The van der Waals surface area contributed by atoms with Crippen LogP contribution in [0.1, 0.15) is 25.3 Å². The monoisotopic (exact) mass is 659 g/mol. The number of alkyl halides is 1. The number of imidazole rings is 1. The van der Waals surface area contributed by atoms with Crippen molar-refractivity contribution in [2.24, 2.45) is 11.7 Å². The predicted octanol–water partition coefficient (Wildman–Crippen LogP) is 4.00. The van der Waals surface area contributed by atoms with E-state index in [0.717, 1.165) is 17.8 Å². The lowest BCUT2D eigenvalue weighted by atomic mass is 9.87. The lowest BCUT2D eigenvalue weighted by Crippen LogP contribution is -2.57. The van der Waals surface area contributed by atoms with E-state index in [1.807, 2.05) is 13.0 Å². The molecular weight excluding hydrogens is 623 g/mol. The molecule has 3 atom stereocenters. The summed E-state index contributed by atoms with van der Waals surface area (Å²) < 4.78 is 81.8. The molecule has 4 aromatic rings. The van der Waals surface area contributed by atoms with Crippen molar-refractivity contribution in [3.8, 4) is 11.3 Å². The van der Waals surface area contributed by atoms with E-state index >= 15 is 13.2 Å². The van der Waals surface area contributed by atoms with Crippen molar-refractivity contribution < 1.29 is 31.1 Å². The second-order valence-electron chi connectivity index (χ2n) is 12.1. The highest BCUT2D eigenvalue weighted by Crippen LogP contribution is 2.39. The van der Waals surface area contributed by atoms with E-state index in [2.05, 4.69) is 25.3 Å². The summed E-state index contributed by atoms with van der Waals surface area (Å²) in [6.07, 6.45) is 5.77. The first-order valence-corrected chi connectivity index (χ1v) is 17.1. The third-order valence-corrected chi connectivity index (χ3v) is 9.47. The molecule has 3 unspecified atom stereocenters. The van der Waals surface area contributed by atoms with Gasteiger partial charge in [-0.05, 0) is 35.9 Å². The zero-order valence-electron chi connectivity index (χ0n) is 25.5. The maximum absolute atomic E-state index is 15.5. The van der Waals surface area contributed by atoms with Crippen LogP contribution in [0.15, 0.2) is 48.9 Å². The van der Waals surface area contributed by atoms with Gasteiger partial charge in [0.15, 0.2) is 0 Å². The van der Waals surface area contributed by atoms with Gasteiger partial charge in [0.25, 0.3) is 0 Å². The van der Waals surface area contributed by atoms with Crippen LogP contribution in [0.5, 0.6) is 0 Å². The minimum Gasteiger partial charge on any atom is -0.381 e. The maximum atomic E-state index is 15.5. The average Bonchev–Trinajstić information content (AvgIpc) is 3.40. The van der Waals surface area contributed by atoms with Crippen molar-refractivity contribution in [1.29, 1.82) is 0 Å². The van der Waals surface area contributed by atoms with Crippen molar-refractivity contribution in [2.45, 2.75) is 37.6 Å². The maximum Gasteiger partial charge on any atom is 0.229 e. The van der Waals surface area contributed by atoms with Crippen LogP contribution in [0.25, 0.3) is 16.8 Å². The minimum atomic E-state index is -3.15. The van der Waals surface area contributed by atoms with E-state index in [9.17, 15) is 8.42 Å². The summed E-state index contributed by atoms with van der Waals surface area (Å²) in [5.74, 6) is -1.62. The lowest BCUT2D eigenvalue weighted by molar-refractivity contribution is -0.0117. The van der Waals surface area contributed by atoms with Gasteiger partial charge < -0.3 is 25.4 Å². The Balaban J connectivity index is 1.24. The molecule has 3 N–H and O–H groups in total. The van der Waals surface area contributed by atoms with E-state index in [0.29, 0.717) is 24.3 Å². The fraction of sp³-hybridized carbons (Fsp3) is 0.452. The highest BCUT2D eigenvalue weighted by molar-refractivity contribution is 7.90. The molecule has 11 nitrogen and oxygen atoms in total. The largest absolute Gasteiger partial charge is 0.381 e. The molecule has 0 saturated carbocycles. The first-order valence-electron chi connectivity index (χ1n) is 15.0. The molecule has 2 aliphatic heterocycles. The molecule has 0 radical (unpaired) electrons. The Morgan fingerprint density at radius 3 is 2.57 bits per heavy atom. The summed E-state index contributed by atoms with van der Waals surface area (Å²) in [6.45, 7) is 3.47. The first-order chi connectivity index (χ1) is 21.9. The Morgan fingerprint density at radius 2 is 1.87 bits per heavy atom. The number of benzene rings is 1. The summed E-state index contributed by atoms with van der Waals surface area (Å²) in [5, 5.41) is 7.74. The Labute approximate surface area is 264 Å². The Hall–Kier alpha value is -3.79. The van der Waals surface area contributed by atoms with Gasteiger partial charge in [0, 0.05) is 63.6 Å². The first kappa shape index (κ1) is 32.2. The predicted molar refractivity (Wildman–Crippen MR) is 168 cm³/mol. The van der Waals surface area contributed by atoms with Crippen LogP contribution in [-0.2, 0) is 25.0 Å². The lowest BCUT2D eigenvalue weighted by Gasteiger charge is -2.42. The van der Waals surface area contributed by atoms with Crippen molar-refractivity contribution in [1.82, 2.24) is 19.6 Å². The van der Waals surface area contributed by atoms with Crippen molar-refractivity contribution in [3.05, 3.63) is 66.1 Å². The second kappa shape index (κ2) is 12.8. The number of hydrogen-bond donors (Lipinski definition) is 2. The van der Waals surface area contributed by atoms with Gasteiger partial charge in [0.05, 0.1) is 59.0 Å². The molecule has 0 amide bonds. The summed E-state index contributed by atoms with van der Waals surface area (Å²) in [7, 11) is -3.15. The Morgan fingerprint density at radius 1 is 1.13 bits per heavy atom. The molecule has 0 aliphatic carbocycles. The highest BCUT2D eigenvalue weighted by Gasteiger charge is 2.36.